The Morgan fingerprint density at radius 2 is 1.85 bits per heavy atom. The fourth-order valence-corrected chi connectivity index (χ4v) is 6.61. The first-order valence-electron chi connectivity index (χ1n) is 14.9. The highest BCUT2D eigenvalue weighted by Gasteiger charge is 2.35. The van der Waals surface area contributed by atoms with Crippen LogP contribution in [0.5, 0.6) is 0 Å². The number of anilines is 2. The van der Waals surface area contributed by atoms with Crippen molar-refractivity contribution in [1.29, 1.82) is 0 Å². The first kappa shape index (κ1) is 27.7. The number of fused-ring (bicyclic) bond motifs is 2. The molecule has 3 aromatic rings. The van der Waals surface area contributed by atoms with Gasteiger partial charge >= 0.3 is 6.09 Å². The number of hydrogen-bond donors (Lipinski definition) is 0. The van der Waals surface area contributed by atoms with Crippen LogP contribution in [0.1, 0.15) is 94.1 Å². The number of hydrogen-bond acceptors (Lipinski definition) is 5. The number of benzene rings is 1. The highest BCUT2D eigenvalue weighted by molar-refractivity contribution is 5.77. The van der Waals surface area contributed by atoms with Gasteiger partial charge in [0.1, 0.15) is 5.60 Å². The van der Waals surface area contributed by atoms with Gasteiger partial charge in [-0.05, 0) is 69.7 Å². The monoisotopic (exact) mass is 566 g/mol. The lowest BCUT2D eigenvalue weighted by molar-refractivity contribution is 0.0222. The number of carbonyl (C=O) groups is 1. The summed E-state index contributed by atoms with van der Waals surface area (Å²) in [5.74, 6) is 0.786. The van der Waals surface area contributed by atoms with Crippen molar-refractivity contribution >= 4 is 17.6 Å². The van der Waals surface area contributed by atoms with Crippen molar-refractivity contribution in [2.75, 3.05) is 18.0 Å². The molecule has 1 fully saturated rings. The highest BCUT2D eigenvalue weighted by atomic mass is 19.3. The Kier molecular flexibility index (Phi) is 7.28. The Bertz CT molecular complexity index is 1430. The fraction of sp³-hybridized carbons (Fsp3) is 0.581. The third kappa shape index (κ3) is 5.45. The molecule has 0 atom stereocenters. The van der Waals surface area contributed by atoms with Crippen LogP contribution < -0.4 is 4.90 Å². The maximum Gasteiger partial charge on any atom is 0.410 e. The molecule has 0 spiro atoms. The number of alkyl halides is 2. The molecule has 41 heavy (non-hydrogen) atoms. The van der Waals surface area contributed by atoms with Gasteiger partial charge in [-0.15, -0.1) is 0 Å². The van der Waals surface area contributed by atoms with E-state index in [2.05, 4.69) is 14.7 Å². The molecule has 4 heterocycles. The van der Waals surface area contributed by atoms with E-state index in [-0.39, 0.29) is 11.7 Å². The zero-order chi connectivity index (χ0) is 28.9. The Morgan fingerprint density at radius 1 is 1.07 bits per heavy atom. The van der Waals surface area contributed by atoms with E-state index in [1.807, 2.05) is 26.8 Å². The molecule has 1 aliphatic carbocycles. The van der Waals surface area contributed by atoms with Crippen molar-refractivity contribution in [2.45, 2.75) is 96.8 Å². The van der Waals surface area contributed by atoms with Crippen molar-refractivity contribution in [3.63, 3.8) is 0 Å². The molecule has 0 saturated heterocycles. The molecule has 1 amide bonds. The van der Waals surface area contributed by atoms with Crippen molar-refractivity contribution in [3.05, 3.63) is 46.9 Å². The first-order valence-corrected chi connectivity index (χ1v) is 14.9. The average molecular weight is 567 g/mol. The van der Waals surface area contributed by atoms with Crippen molar-refractivity contribution < 1.29 is 18.3 Å². The maximum absolute atomic E-state index is 14.5. The van der Waals surface area contributed by atoms with Gasteiger partial charge < -0.3 is 14.5 Å². The summed E-state index contributed by atoms with van der Waals surface area (Å²) < 4.78 is 38.5. The lowest BCUT2D eigenvalue weighted by Crippen LogP contribution is -2.40. The molecule has 1 aromatic carbocycles. The van der Waals surface area contributed by atoms with Crippen LogP contribution in [-0.4, -0.2) is 49.2 Å². The molecule has 1 saturated carbocycles. The number of carbonyl (C=O) groups excluding carboxylic acids is 1. The number of halogens is 2. The van der Waals surface area contributed by atoms with E-state index >= 15 is 0 Å². The van der Waals surface area contributed by atoms with Crippen molar-refractivity contribution in [2.24, 2.45) is 7.05 Å². The van der Waals surface area contributed by atoms with Gasteiger partial charge in [0, 0.05) is 60.8 Å². The van der Waals surface area contributed by atoms with Crippen molar-refractivity contribution in [1.82, 2.24) is 24.5 Å². The van der Waals surface area contributed by atoms with E-state index in [0.29, 0.717) is 43.2 Å². The van der Waals surface area contributed by atoms with Gasteiger partial charge in [0.25, 0.3) is 6.43 Å². The molecule has 220 valence electrons. The number of amides is 1. The van der Waals surface area contributed by atoms with Crippen LogP contribution in [0, 0.1) is 0 Å². The predicted molar refractivity (Wildman–Crippen MR) is 154 cm³/mol. The zero-order valence-electron chi connectivity index (χ0n) is 24.5. The van der Waals surface area contributed by atoms with E-state index in [4.69, 9.17) is 9.84 Å². The minimum absolute atomic E-state index is 0.000359. The summed E-state index contributed by atoms with van der Waals surface area (Å²) in [5, 5.41) is 9.44. The second kappa shape index (κ2) is 10.8. The molecular formula is C31H40F2N6O2. The van der Waals surface area contributed by atoms with Gasteiger partial charge in [0.05, 0.1) is 18.8 Å². The topological polar surface area (TPSA) is 68.4 Å². The minimum atomic E-state index is -2.63. The van der Waals surface area contributed by atoms with Crippen molar-refractivity contribution in [3.8, 4) is 11.1 Å². The highest BCUT2D eigenvalue weighted by Crippen LogP contribution is 2.44. The predicted octanol–water partition coefficient (Wildman–Crippen LogP) is 7.10. The molecule has 0 bridgehead atoms. The van der Waals surface area contributed by atoms with Crippen LogP contribution in [-0.2, 0) is 31.2 Å². The summed E-state index contributed by atoms with van der Waals surface area (Å²) in [4.78, 5) is 17.0. The molecule has 2 aromatic heterocycles. The van der Waals surface area contributed by atoms with E-state index in [0.717, 1.165) is 48.3 Å². The van der Waals surface area contributed by atoms with Crippen LogP contribution in [0.4, 0.5) is 25.1 Å². The number of nitrogens with zero attached hydrogens (tertiary/aromatic N) is 6. The average Bonchev–Trinajstić information content (AvgIpc) is 3.55. The number of aromatic nitrogens is 4. The third-order valence-corrected chi connectivity index (χ3v) is 8.51. The Morgan fingerprint density at radius 3 is 2.54 bits per heavy atom. The minimum Gasteiger partial charge on any atom is -0.444 e. The lowest BCUT2D eigenvalue weighted by Gasteiger charge is -2.34. The molecule has 0 N–H and O–H groups in total. The van der Waals surface area contributed by atoms with Gasteiger partial charge in [-0.1, -0.05) is 19.3 Å². The van der Waals surface area contributed by atoms with Gasteiger partial charge in [-0.25, -0.2) is 13.6 Å². The smallest absolute Gasteiger partial charge is 0.410 e. The van der Waals surface area contributed by atoms with Crippen LogP contribution >= 0.6 is 0 Å². The van der Waals surface area contributed by atoms with Gasteiger partial charge in [0.15, 0.2) is 5.82 Å². The Labute approximate surface area is 240 Å². The van der Waals surface area contributed by atoms with E-state index in [1.54, 1.807) is 35.1 Å². The second-order valence-corrected chi connectivity index (χ2v) is 12.7. The van der Waals surface area contributed by atoms with Gasteiger partial charge in [-0.2, -0.15) is 10.2 Å². The van der Waals surface area contributed by atoms with E-state index in [1.165, 1.54) is 25.0 Å². The van der Waals surface area contributed by atoms with Crippen LogP contribution in [0.3, 0.4) is 0 Å². The normalized spacial score (nSPS) is 18.0. The molecule has 10 heteroatoms. The summed E-state index contributed by atoms with van der Waals surface area (Å²) in [6.07, 6.45) is 8.62. The van der Waals surface area contributed by atoms with E-state index in [9.17, 15) is 13.6 Å². The largest absolute Gasteiger partial charge is 0.444 e. The summed E-state index contributed by atoms with van der Waals surface area (Å²) in [6.45, 7) is 7.27. The third-order valence-electron chi connectivity index (χ3n) is 8.51. The summed E-state index contributed by atoms with van der Waals surface area (Å²) in [6, 6.07) is 3.90. The molecule has 8 nitrogen and oxygen atoms in total. The summed E-state index contributed by atoms with van der Waals surface area (Å²) in [7, 11) is 1.79. The first-order chi connectivity index (χ1) is 19.6. The van der Waals surface area contributed by atoms with E-state index < -0.39 is 12.0 Å². The van der Waals surface area contributed by atoms with Crippen LogP contribution in [0.15, 0.2) is 24.5 Å². The van der Waals surface area contributed by atoms with Crippen LogP contribution in [0.2, 0.25) is 0 Å². The Hall–Kier alpha value is -3.43. The zero-order valence-corrected chi connectivity index (χ0v) is 24.5. The summed E-state index contributed by atoms with van der Waals surface area (Å²) in [5.41, 5.74) is 4.62. The molecular weight excluding hydrogens is 526 g/mol. The number of ether oxygens (including phenoxy) is 1. The molecule has 0 unspecified atom stereocenters. The van der Waals surface area contributed by atoms with Gasteiger partial charge in [0.2, 0.25) is 0 Å². The fourth-order valence-electron chi connectivity index (χ4n) is 6.61. The molecule has 2 aliphatic heterocycles. The lowest BCUT2D eigenvalue weighted by atomic mass is 9.92. The maximum atomic E-state index is 14.5. The molecule has 6 rings (SSSR count). The standard InChI is InChI=1S/C31H40F2N6O2/c1-31(2,3)41-30(40)37-14-12-26-25(19-37)29(35-39(26)22-10-6-5-7-11-22)38-13-8-9-20-15-23(21-17-34-36(4)18-21)24(28(32)33)16-27(20)38/h15-18,22,28H,5-14,19H2,1-4H3. The Balaban J connectivity index is 1.43. The summed E-state index contributed by atoms with van der Waals surface area (Å²) >= 11 is 0. The quantitative estimate of drug-likeness (QED) is 0.337. The second-order valence-electron chi connectivity index (χ2n) is 12.7. The van der Waals surface area contributed by atoms with Gasteiger partial charge in [-0.3, -0.25) is 9.36 Å². The number of rotatable bonds is 4. The number of aryl methyl sites for hydroxylation is 2. The molecule has 0 radical (unpaired) electrons. The van der Waals surface area contributed by atoms with Crippen LogP contribution in [0.25, 0.3) is 11.1 Å². The SMILES string of the molecule is Cn1cc(-c2cc3c(cc2C(F)F)N(c2nn(C4CCCCC4)c4c2CN(C(=O)OC(C)(C)C)CC4)CCC3)cn1. The molecule has 3 aliphatic rings.